The molecule has 2 rings (SSSR count). The molecule has 20 heavy (non-hydrogen) atoms. The summed E-state index contributed by atoms with van der Waals surface area (Å²) in [6.45, 7) is 0. The van der Waals surface area contributed by atoms with E-state index in [0.717, 1.165) is 12.5 Å². The van der Waals surface area contributed by atoms with Gasteiger partial charge in [-0.2, -0.15) is 5.26 Å². The Balaban J connectivity index is 1.83. The highest BCUT2D eigenvalue weighted by Gasteiger charge is 2.15. The van der Waals surface area contributed by atoms with E-state index in [0.29, 0.717) is 12.3 Å². The molecule has 0 radical (unpaired) electrons. The molecule has 0 saturated heterocycles. The molecule has 1 fully saturated rings. The van der Waals surface area contributed by atoms with E-state index in [9.17, 15) is 9.18 Å². The van der Waals surface area contributed by atoms with E-state index >= 15 is 0 Å². The highest BCUT2D eigenvalue weighted by atomic mass is 19.1. The summed E-state index contributed by atoms with van der Waals surface area (Å²) >= 11 is 0. The largest absolute Gasteiger partial charge is 0.324 e. The summed E-state index contributed by atoms with van der Waals surface area (Å²) in [4.78, 5) is 11.8. The highest BCUT2D eigenvalue weighted by Crippen LogP contribution is 2.27. The van der Waals surface area contributed by atoms with Crippen LogP contribution in [0.1, 0.15) is 50.5 Å². The van der Waals surface area contributed by atoms with Crippen molar-refractivity contribution in [2.75, 3.05) is 5.32 Å². The molecule has 1 aromatic rings. The normalized spacial score (nSPS) is 15.6. The molecule has 0 aromatic heterocycles. The first kappa shape index (κ1) is 14.5. The summed E-state index contributed by atoms with van der Waals surface area (Å²) in [6, 6.07) is 5.94. The number of hydrogen-bond acceptors (Lipinski definition) is 2. The van der Waals surface area contributed by atoms with Crippen LogP contribution in [0, 0.1) is 23.1 Å². The third-order valence-corrected chi connectivity index (χ3v) is 3.88. The van der Waals surface area contributed by atoms with Crippen molar-refractivity contribution in [1.29, 1.82) is 5.26 Å². The molecule has 3 nitrogen and oxygen atoms in total. The Kier molecular flexibility index (Phi) is 5.11. The predicted molar refractivity (Wildman–Crippen MR) is 75.6 cm³/mol. The maximum atomic E-state index is 13.6. The van der Waals surface area contributed by atoms with E-state index < -0.39 is 5.82 Å². The van der Waals surface area contributed by atoms with Gasteiger partial charge in [0.2, 0.25) is 5.91 Å². The second-order valence-electron chi connectivity index (χ2n) is 5.40. The van der Waals surface area contributed by atoms with Gasteiger partial charge in [0, 0.05) is 6.42 Å². The molecule has 1 N–H and O–H groups in total. The van der Waals surface area contributed by atoms with Crippen molar-refractivity contribution in [3.8, 4) is 6.07 Å². The van der Waals surface area contributed by atoms with Gasteiger partial charge < -0.3 is 5.32 Å². The van der Waals surface area contributed by atoms with E-state index in [4.69, 9.17) is 5.26 Å². The van der Waals surface area contributed by atoms with Gasteiger partial charge >= 0.3 is 0 Å². The Morgan fingerprint density at radius 1 is 1.35 bits per heavy atom. The molecule has 1 amide bonds. The molecule has 1 saturated carbocycles. The SMILES string of the molecule is N#Cc1ccc(NC(=O)CCC2CCCCC2)c(F)c1. The van der Waals surface area contributed by atoms with Gasteiger partial charge in [-0.05, 0) is 30.5 Å². The van der Waals surface area contributed by atoms with E-state index in [1.807, 2.05) is 6.07 Å². The molecular weight excluding hydrogens is 255 g/mol. The Labute approximate surface area is 118 Å². The second kappa shape index (κ2) is 7.04. The van der Waals surface area contributed by atoms with Gasteiger partial charge in [0.1, 0.15) is 5.82 Å². The van der Waals surface area contributed by atoms with E-state index in [2.05, 4.69) is 5.32 Å². The smallest absolute Gasteiger partial charge is 0.224 e. The zero-order chi connectivity index (χ0) is 14.4. The number of hydrogen-bond donors (Lipinski definition) is 1. The van der Waals surface area contributed by atoms with Crippen LogP contribution in [0.3, 0.4) is 0 Å². The average molecular weight is 274 g/mol. The van der Waals surface area contributed by atoms with Gasteiger partial charge in [0.05, 0.1) is 17.3 Å². The predicted octanol–water partition coefficient (Wildman–Crippen LogP) is 4.00. The van der Waals surface area contributed by atoms with Gasteiger partial charge in [-0.25, -0.2) is 4.39 Å². The van der Waals surface area contributed by atoms with E-state index in [1.165, 1.54) is 44.2 Å². The lowest BCUT2D eigenvalue weighted by Gasteiger charge is -2.21. The topological polar surface area (TPSA) is 52.9 Å². The van der Waals surface area contributed by atoms with Crippen molar-refractivity contribution < 1.29 is 9.18 Å². The van der Waals surface area contributed by atoms with Crippen molar-refractivity contribution >= 4 is 11.6 Å². The van der Waals surface area contributed by atoms with Crippen molar-refractivity contribution in [3.05, 3.63) is 29.6 Å². The first-order valence-corrected chi connectivity index (χ1v) is 7.18. The van der Waals surface area contributed by atoms with Crippen molar-refractivity contribution in [2.24, 2.45) is 5.92 Å². The van der Waals surface area contributed by atoms with Gasteiger partial charge in [-0.1, -0.05) is 32.1 Å². The van der Waals surface area contributed by atoms with Gasteiger partial charge in [0.25, 0.3) is 0 Å². The highest BCUT2D eigenvalue weighted by molar-refractivity contribution is 5.90. The minimum absolute atomic E-state index is 0.151. The standard InChI is InChI=1S/C16H19FN2O/c17-14-10-13(11-18)6-8-15(14)19-16(20)9-7-12-4-2-1-3-5-12/h6,8,10,12H,1-5,7,9H2,(H,19,20). The first-order chi connectivity index (χ1) is 9.69. The molecule has 0 atom stereocenters. The van der Waals surface area contributed by atoms with Crippen molar-refractivity contribution in [3.63, 3.8) is 0 Å². The van der Waals surface area contributed by atoms with E-state index in [1.54, 1.807) is 0 Å². The van der Waals surface area contributed by atoms with E-state index in [-0.39, 0.29) is 17.2 Å². The first-order valence-electron chi connectivity index (χ1n) is 7.18. The fourth-order valence-electron chi connectivity index (χ4n) is 2.71. The third-order valence-electron chi connectivity index (χ3n) is 3.88. The zero-order valence-corrected chi connectivity index (χ0v) is 11.5. The molecule has 0 aliphatic heterocycles. The lowest BCUT2D eigenvalue weighted by atomic mass is 9.86. The zero-order valence-electron chi connectivity index (χ0n) is 11.5. The molecule has 1 aromatic carbocycles. The second-order valence-corrected chi connectivity index (χ2v) is 5.40. The van der Waals surface area contributed by atoms with Crippen LogP contribution >= 0.6 is 0 Å². The molecule has 106 valence electrons. The summed E-state index contributed by atoms with van der Waals surface area (Å²) in [5.74, 6) is -0.0745. The molecule has 0 bridgehead atoms. The third kappa shape index (κ3) is 4.06. The number of amides is 1. The Hall–Kier alpha value is -1.89. The number of nitriles is 1. The van der Waals surface area contributed by atoms with Gasteiger partial charge in [-0.15, -0.1) is 0 Å². The molecule has 1 aliphatic rings. The minimum Gasteiger partial charge on any atom is -0.324 e. The number of anilines is 1. The maximum absolute atomic E-state index is 13.6. The number of carbonyl (C=O) groups excluding carboxylic acids is 1. The number of nitrogens with one attached hydrogen (secondary N) is 1. The van der Waals surface area contributed by atoms with Crippen LogP contribution < -0.4 is 5.32 Å². The van der Waals surface area contributed by atoms with Crippen LogP contribution in [0.5, 0.6) is 0 Å². The quantitative estimate of drug-likeness (QED) is 0.902. The van der Waals surface area contributed by atoms with Gasteiger partial charge in [0.15, 0.2) is 0 Å². The average Bonchev–Trinajstić information content (AvgIpc) is 2.48. The summed E-state index contributed by atoms with van der Waals surface area (Å²) in [5, 5.41) is 11.2. The van der Waals surface area contributed by atoms with Crippen LogP contribution in [0.2, 0.25) is 0 Å². The minimum atomic E-state index is -0.560. The Morgan fingerprint density at radius 2 is 2.10 bits per heavy atom. The lowest BCUT2D eigenvalue weighted by molar-refractivity contribution is -0.116. The summed E-state index contributed by atoms with van der Waals surface area (Å²) in [7, 11) is 0. The number of rotatable bonds is 4. The summed E-state index contributed by atoms with van der Waals surface area (Å²) < 4.78 is 13.6. The molecule has 1 aliphatic carbocycles. The fourth-order valence-corrected chi connectivity index (χ4v) is 2.71. The summed E-state index contributed by atoms with van der Waals surface area (Å²) in [6.07, 6.45) is 7.55. The maximum Gasteiger partial charge on any atom is 0.224 e. The van der Waals surface area contributed by atoms with Crippen molar-refractivity contribution in [1.82, 2.24) is 0 Å². The van der Waals surface area contributed by atoms with Gasteiger partial charge in [-0.3, -0.25) is 4.79 Å². The number of nitrogens with zero attached hydrogens (tertiary/aromatic N) is 1. The van der Waals surface area contributed by atoms with Crippen LogP contribution in [-0.2, 0) is 4.79 Å². The number of halogens is 1. The Morgan fingerprint density at radius 3 is 2.75 bits per heavy atom. The lowest BCUT2D eigenvalue weighted by Crippen LogP contribution is -2.15. The number of benzene rings is 1. The van der Waals surface area contributed by atoms with Crippen LogP contribution in [0.4, 0.5) is 10.1 Å². The monoisotopic (exact) mass is 274 g/mol. The number of carbonyl (C=O) groups is 1. The van der Waals surface area contributed by atoms with Crippen molar-refractivity contribution in [2.45, 2.75) is 44.9 Å². The molecule has 0 spiro atoms. The molecule has 0 unspecified atom stereocenters. The molecule has 4 heteroatoms. The Bertz CT molecular complexity index is 516. The fraction of sp³-hybridized carbons (Fsp3) is 0.500. The van der Waals surface area contributed by atoms with Crippen LogP contribution in [0.25, 0.3) is 0 Å². The van der Waals surface area contributed by atoms with Crippen LogP contribution in [0.15, 0.2) is 18.2 Å². The molecule has 0 heterocycles. The summed E-state index contributed by atoms with van der Waals surface area (Å²) in [5.41, 5.74) is 0.403. The van der Waals surface area contributed by atoms with Crippen LogP contribution in [-0.4, -0.2) is 5.91 Å². The molecular formula is C16H19FN2O.